The zero-order valence-electron chi connectivity index (χ0n) is 13.4. The van der Waals surface area contributed by atoms with Gasteiger partial charge in [0.15, 0.2) is 11.4 Å². The maximum atomic E-state index is 10.5. The first-order valence-corrected chi connectivity index (χ1v) is 8.85. The Balaban J connectivity index is 1.61. The maximum absolute atomic E-state index is 10.5. The normalized spacial score (nSPS) is 20.6. The van der Waals surface area contributed by atoms with Crippen molar-refractivity contribution in [3.05, 3.63) is 41.7 Å². The van der Waals surface area contributed by atoms with E-state index in [0.717, 1.165) is 28.5 Å². The van der Waals surface area contributed by atoms with E-state index in [1.165, 1.54) is 0 Å². The summed E-state index contributed by atoms with van der Waals surface area (Å²) in [6.45, 7) is 3.94. The Kier molecular flexibility index (Phi) is 3.65. The van der Waals surface area contributed by atoms with Gasteiger partial charge in [0, 0.05) is 23.2 Å². The second-order valence-electron chi connectivity index (χ2n) is 6.00. The first-order chi connectivity index (χ1) is 11.5. The van der Waals surface area contributed by atoms with Crippen molar-refractivity contribution in [1.29, 1.82) is 0 Å². The second kappa shape index (κ2) is 5.71. The number of aliphatic hydroxyl groups is 1. The summed E-state index contributed by atoms with van der Waals surface area (Å²) in [5, 5.41) is 18.9. The van der Waals surface area contributed by atoms with Gasteiger partial charge < -0.3 is 9.63 Å². The van der Waals surface area contributed by atoms with Crippen molar-refractivity contribution in [1.82, 2.24) is 24.9 Å². The molecule has 1 atom stereocenters. The van der Waals surface area contributed by atoms with Gasteiger partial charge >= 0.3 is 0 Å². The smallest absolute Gasteiger partial charge is 0.259 e. The minimum atomic E-state index is -1.01. The SMILES string of the molecule is Cc1cc(C)n(-c2ccc(-c3noc([C@]4(O)CCSC4)n3)cn2)n1. The van der Waals surface area contributed by atoms with Crippen molar-refractivity contribution in [3.8, 4) is 17.2 Å². The molecule has 0 aromatic carbocycles. The first-order valence-electron chi connectivity index (χ1n) is 7.69. The molecule has 0 spiro atoms. The van der Waals surface area contributed by atoms with Gasteiger partial charge in [0.1, 0.15) is 0 Å². The third kappa shape index (κ3) is 2.61. The number of hydrogen-bond acceptors (Lipinski definition) is 7. The van der Waals surface area contributed by atoms with E-state index in [4.69, 9.17) is 4.52 Å². The minimum absolute atomic E-state index is 0.283. The van der Waals surface area contributed by atoms with E-state index in [9.17, 15) is 5.11 Å². The Morgan fingerprint density at radius 2 is 2.21 bits per heavy atom. The van der Waals surface area contributed by atoms with Crippen LogP contribution < -0.4 is 0 Å². The lowest BCUT2D eigenvalue weighted by atomic mass is 10.0. The third-order valence-electron chi connectivity index (χ3n) is 4.06. The molecule has 4 heterocycles. The Morgan fingerprint density at radius 1 is 1.33 bits per heavy atom. The molecule has 0 saturated carbocycles. The van der Waals surface area contributed by atoms with E-state index >= 15 is 0 Å². The topological polar surface area (TPSA) is 89.9 Å². The fraction of sp³-hybridized carbons (Fsp3) is 0.375. The average Bonchev–Trinajstić information content (AvgIpc) is 3.28. The molecule has 24 heavy (non-hydrogen) atoms. The number of aromatic nitrogens is 5. The fourth-order valence-corrected chi connectivity index (χ4v) is 3.99. The lowest BCUT2D eigenvalue weighted by Crippen LogP contribution is -2.25. The summed E-state index contributed by atoms with van der Waals surface area (Å²) in [6, 6.07) is 5.74. The Bertz CT molecular complexity index is 865. The van der Waals surface area contributed by atoms with Gasteiger partial charge in [-0.1, -0.05) is 5.16 Å². The van der Waals surface area contributed by atoms with Gasteiger partial charge in [-0.25, -0.2) is 9.67 Å². The maximum Gasteiger partial charge on any atom is 0.259 e. The van der Waals surface area contributed by atoms with Gasteiger partial charge in [-0.15, -0.1) is 0 Å². The van der Waals surface area contributed by atoms with Crippen LogP contribution in [0.25, 0.3) is 17.2 Å². The van der Waals surface area contributed by atoms with E-state index in [2.05, 4.69) is 20.2 Å². The molecule has 1 saturated heterocycles. The molecule has 1 N–H and O–H groups in total. The molecule has 1 aliphatic heterocycles. The highest BCUT2D eigenvalue weighted by Crippen LogP contribution is 2.36. The van der Waals surface area contributed by atoms with Crippen LogP contribution in [-0.4, -0.2) is 41.5 Å². The average molecular weight is 343 g/mol. The number of aryl methyl sites for hydroxylation is 2. The standard InChI is InChI=1S/C16H17N5O2S/c1-10-7-11(2)21(19-10)13-4-3-12(8-17-13)14-18-15(23-20-14)16(22)5-6-24-9-16/h3-4,7-8,22H,5-6,9H2,1-2H3/t16-/m0/s1. The van der Waals surface area contributed by atoms with E-state index in [-0.39, 0.29) is 5.89 Å². The molecule has 0 bridgehead atoms. The molecule has 124 valence electrons. The molecule has 7 nitrogen and oxygen atoms in total. The van der Waals surface area contributed by atoms with Crippen molar-refractivity contribution in [2.45, 2.75) is 25.9 Å². The molecule has 0 radical (unpaired) electrons. The molecule has 3 aromatic rings. The number of rotatable bonds is 3. The van der Waals surface area contributed by atoms with Crippen LogP contribution in [-0.2, 0) is 5.60 Å². The zero-order valence-corrected chi connectivity index (χ0v) is 14.2. The molecule has 0 amide bonds. The molecule has 0 aliphatic carbocycles. The number of nitrogens with zero attached hydrogens (tertiary/aromatic N) is 5. The van der Waals surface area contributed by atoms with Crippen LogP contribution in [0.2, 0.25) is 0 Å². The van der Waals surface area contributed by atoms with E-state index in [1.807, 2.05) is 32.0 Å². The summed E-state index contributed by atoms with van der Waals surface area (Å²) in [5.74, 6) is 2.93. The van der Waals surface area contributed by atoms with Crippen LogP contribution in [0.15, 0.2) is 28.9 Å². The summed E-state index contributed by atoms with van der Waals surface area (Å²) in [5.41, 5.74) is 1.71. The van der Waals surface area contributed by atoms with Crippen LogP contribution >= 0.6 is 11.8 Å². The van der Waals surface area contributed by atoms with Gasteiger partial charge in [-0.3, -0.25) is 0 Å². The first kappa shape index (κ1) is 15.3. The molecule has 1 fully saturated rings. The molecule has 8 heteroatoms. The number of pyridine rings is 1. The van der Waals surface area contributed by atoms with E-state index in [0.29, 0.717) is 18.0 Å². The van der Waals surface area contributed by atoms with Gasteiger partial charge in [0.2, 0.25) is 5.82 Å². The van der Waals surface area contributed by atoms with Crippen molar-refractivity contribution in [2.24, 2.45) is 0 Å². The number of thioether (sulfide) groups is 1. The van der Waals surface area contributed by atoms with Crippen LogP contribution in [0.1, 0.15) is 23.7 Å². The Labute approximate surface area is 143 Å². The van der Waals surface area contributed by atoms with Crippen molar-refractivity contribution < 1.29 is 9.63 Å². The third-order valence-corrected chi connectivity index (χ3v) is 5.23. The number of hydrogen-bond donors (Lipinski definition) is 1. The van der Waals surface area contributed by atoms with Gasteiger partial charge in [-0.2, -0.15) is 21.8 Å². The highest BCUT2D eigenvalue weighted by atomic mass is 32.2. The minimum Gasteiger partial charge on any atom is -0.379 e. The summed E-state index contributed by atoms with van der Waals surface area (Å²) < 4.78 is 7.06. The van der Waals surface area contributed by atoms with E-state index < -0.39 is 5.60 Å². The lowest BCUT2D eigenvalue weighted by molar-refractivity contribution is 0.0307. The van der Waals surface area contributed by atoms with Crippen LogP contribution in [0, 0.1) is 13.8 Å². The van der Waals surface area contributed by atoms with Crippen molar-refractivity contribution in [2.75, 3.05) is 11.5 Å². The van der Waals surface area contributed by atoms with E-state index in [1.54, 1.807) is 22.6 Å². The van der Waals surface area contributed by atoms with Crippen molar-refractivity contribution >= 4 is 11.8 Å². The second-order valence-corrected chi connectivity index (χ2v) is 7.11. The molecule has 3 aromatic heterocycles. The van der Waals surface area contributed by atoms with Crippen LogP contribution in [0.4, 0.5) is 0 Å². The molecule has 4 rings (SSSR count). The molecule has 1 aliphatic rings. The highest BCUT2D eigenvalue weighted by molar-refractivity contribution is 7.99. The van der Waals surface area contributed by atoms with Gasteiger partial charge in [-0.05, 0) is 44.2 Å². The Hall–Kier alpha value is -2.19. The Morgan fingerprint density at radius 3 is 2.83 bits per heavy atom. The lowest BCUT2D eigenvalue weighted by Gasteiger charge is -2.14. The molecular formula is C16H17N5O2S. The summed E-state index contributed by atoms with van der Waals surface area (Å²) in [7, 11) is 0. The van der Waals surface area contributed by atoms with Crippen LogP contribution in [0.3, 0.4) is 0 Å². The zero-order chi connectivity index (χ0) is 16.7. The fourth-order valence-electron chi connectivity index (χ4n) is 2.76. The largest absolute Gasteiger partial charge is 0.379 e. The molecular weight excluding hydrogens is 326 g/mol. The molecule has 0 unspecified atom stereocenters. The summed E-state index contributed by atoms with van der Waals surface area (Å²) >= 11 is 1.68. The quantitative estimate of drug-likeness (QED) is 0.780. The van der Waals surface area contributed by atoms with Gasteiger partial charge in [0.25, 0.3) is 5.89 Å². The summed E-state index contributed by atoms with van der Waals surface area (Å²) in [6.07, 6.45) is 2.32. The van der Waals surface area contributed by atoms with Gasteiger partial charge in [0.05, 0.1) is 5.69 Å². The predicted octanol–water partition coefficient (Wildman–Crippen LogP) is 2.26. The summed E-state index contributed by atoms with van der Waals surface area (Å²) in [4.78, 5) is 8.79. The predicted molar refractivity (Wildman–Crippen MR) is 90.0 cm³/mol. The van der Waals surface area contributed by atoms with Crippen molar-refractivity contribution in [3.63, 3.8) is 0 Å². The van der Waals surface area contributed by atoms with Crippen LogP contribution in [0.5, 0.6) is 0 Å². The highest BCUT2D eigenvalue weighted by Gasteiger charge is 2.39. The monoisotopic (exact) mass is 343 g/mol.